The minimum Gasteiger partial charge on any atom is -0.386 e. The topological polar surface area (TPSA) is 37.8 Å². The zero-order valence-corrected chi connectivity index (χ0v) is 8.86. The third-order valence-electron chi connectivity index (χ3n) is 2.44. The van der Waals surface area contributed by atoms with Crippen molar-refractivity contribution in [3.05, 3.63) is 42.2 Å². The van der Waals surface area contributed by atoms with Crippen LogP contribution in [-0.2, 0) is 0 Å². The average molecular weight is 199 g/mol. The Kier molecular flexibility index (Phi) is 2.63. The fraction of sp³-hybridized carbons (Fsp3) is 0.167. The van der Waals surface area contributed by atoms with Crippen LogP contribution in [-0.4, -0.2) is 17.2 Å². The highest BCUT2D eigenvalue weighted by Crippen LogP contribution is 2.28. The Labute approximate surface area is 89.2 Å². The van der Waals surface area contributed by atoms with Gasteiger partial charge in [-0.05, 0) is 18.1 Å². The zero-order valence-electron chi connectivity index (χ0n) is 8.86. The van der Waals surface area contributed by atoms with Crippen molar-refractivity contribution in [2.45, 2.75) is 6.92 Å². The van der Waals surface area contributed by atoms with Crippen LogP contribution < -0.4 is 5.32 Å². The maximum absolute atomic E-state index is 3.92. The normalized spacial score (nSPS) is 10.0. The van der Waals surface area contributed by atoms with Gasteiger partial charge in [0.1, 0.15) is 0 Å². The van der Waals surface area contributed by atoms with Gasteiger partial charge in [-0.2, -0.15) is 10.2 Å². The predicted molar refractivity (Wildman–Crippen MR) is 61.8 cm³/mol. The molecule has 76 valence electrons. The highest BCUT2D eigenvalue weighted by molar-refractivity contribution is 5.78. The molecule has 0 atom stereocenters. The van der Waals surface area contributed by atoms with Crippen LogP contribution in [0.4, 0.5) is 5.69 Å². The van der Waals surface area contributed by atoms with Gasteiger partial charge >= 0.3 is 0 Å². The molecule has 2 rings (SSSR count). The molecule has 1 aromatic carbocycles. The second-order valence-electron chi connectivity index (χ2n) is 3.38. The van der Waals surface area contributed by atoms with Crippen LogP contribution in [0.5, 0.6) is 0 Å². The van der Waals surface area contributed by atoms with Crippen molar-refractivity contribution in [1.29, 1.82) is 0 Å². The smallest absolute Gasteiger partial charge is 0.0734 e. The molecule has 0 radical (unpaired) electrons. The molecule has 0 saturated carbocycles. The zero-order chi connectivity index (χ0) is 10.7. The summed E-state index contributed by atoms with van der Waals surface area (Å²) in [5.74, 6) is 0. The van der Waals surface area contributed by atoms with Crippen LogP contribution in [0.15, 0.2) is 36.7 Å². The lowest BCUT2D eigenvalue weighted by Gasteiger charge is -2.09. The maximum Gasteiger partial charge on any atom is 0.0734 e. The van der Waals surface area contributed by atoms with Gasteiger partial charge in [0.15, 0.2) is 0 Å². The molecule has 0 spiro atoms. The number of aryl methyl sites for hydroxylation is 1. The molecule has 0 saturated heterocycles. The Bertz CT molecular complexity index is 466. The van der Waals surface area contributed by atoms with Gasteiger partial charge in [-0.25, -0.2) is 0 Å². The maximum atomic E-state index is 3.92. The summed E-state index contributed by atoms with van der Waals surface area (Å²) < 4.78 is 0. The van der Waals surface area contributed by atoms with Gasteiger partial charge in [0.2, 0.25) is 0 Å². The van der Waals surface area contributed by atoms with Gasteiger partial charge in [0, 0.05) is 12.6 Å². The lowest BCUT2D eigenvalue weighted by atomic mass is 10.0. The van der Waals surface area contributed by atoms with E-state index >= 15 is 0 Å². The van der Waals surface area contributed by atoms with Crippen LogP contribution in [0.25, 0.3) is 11.1 Å². The molecule has 1 N–H and O–H groups in total. The van der Waals surface area contributed by atoms with E-state index in [4.69, 9.17) is 0 Å². The number of hydrogen-bond donors (Lipinski definition) is 1. The second-order valence-corrected chi connectivity index (χ2v) is 3.38. The molecule has 0 aliphatic rings. The van der Waals surface area contributed by atoms with Crippen LogP contribution >= 0.6 is 0 Å². The highest BCUT2D eigenvalue weighted by atomic mass is 15.1. The van der Waals surface area contributed by atoms with E-state index in [9.17, 15) is 0 Å². The molecule has 1 heterocycles. The average Bonchev–Trinajstić information content (AvgIpc) is 2.30. The lowest BCUT2D eigenvalue weighted by molar-refractivity contribution is 1.03. The minimum absolute atomic E-state index is 0.999. The quantitative estimate of drug-likeness (QED) is 0.807. The van der Waals surface area contributed by atoms with Crippen molar-refractivity contribution in [3.8, 4) is 11.1 Å². The number of rotatable bonds is 2. The van der Waals surface area contributed by atoms with Gasteiger partial charge in [-0.3, -0.25) is 0 Å². The molecule has 3 heteroatoms. The Hall–Kier alpha value is -1.90. The first-order valence-corrected chi connectivity index (χ1v) is 4.87. The van der Waals surface area contributed by atoms with Gasteiger partial charge in [0.05, 0.1) is 18.1 Å². The van der Waals surface area contributed by atoms with Gasteiger partial charge < -0.3 is 5.32 Å². The monoisotopic (exact) mass is 199 g/mol. The summed E-state index contributed by atoms with van der Waals surface area (Å²) in [6.07, 6.45) is 3.52. The van der Waals surface area contributed by atoms with Gasteiger partial charge in [0.25, 0.3) is 0 Å². The molecule has 1 aromatic heterocycles. The molecule has 0 aliphatic heterocycles. The summed E-state index contributed by atoms with van der Waals surface area (Å²) in [6, 6.07) is 8.25. The molecule has 2 aromatic rings. The van der Waals surface area contributed by atoms with Crippen molar-refractivity contribution in [1.82, 2.24) is 10.2 Å². The molecular weight excluding hydrogens is 186 g/mol. The van der Waals surface area contributed by atoms with Crippen LogP contribution in [0.3, 0.4) is 0 Å². The third kappa shape index (κ3) is 1.81. The fourth-order valence-electron chi connectivity index (χ4n) is 1.61. The van der Waals surface area contributed by atoms with Gasteiger partial charge in [-0.1, -0.05) is 24.3 Å². The Morgan fingerprint density at radius 3 is 2.47 bits per heavy atom. The molecular formula is C12H13N3. The highest BCUT2D eigenvalue weighted by Gasteiger charge is 2.05. The standard InChI is InChI=1S/C12H13N3/c1-9-5-3-4-6-10(9)11-7-14-15-8-12(11)13-2/h3-8H,1-2H3,(H,13,14). The van der Waals surface area contributed by atoms with E-state index in [0.29, 0.717) is 0 Å². The molecule has 0 aliphatic carbocycles. The first-order chi connectivity index (χ1) is 7.33. The van der Waals surface area contributed by atoms with Crippen molar-refractivity contribution >= 4 is 5.69 Å². The number of hydrogen-bond acceptors (Lipinski definition) is 3. The number of benzene rings is 1. The van der Waals surface area contributed by atoms with Crippen molar-refractivity contribution in [3.63, 3.8) is 0 Å². The molecule has 0 unspecified atom stereocenters. The molecule has 0 amide bonds. The second kappa shape index (κ2) is 4.09. The van der Waals surface area contributed by atoms with E-state index < -0.39 is 0 Å². The number of aromatic nitrogens is 2. The van der Waals surface area contributed by atoms with Crippen molar-refractivity contribution in [2.24, 2.45) is 0 Å². The van der Waals surface area contributed by atoms with Crippen molar-refractivity contribution in [2.75, 3.05) is 12.4 Å². The van der Waals surface area contributed by atoms with Gasteiger partial charge in [-0.15, -0.1) is 0 Å². The Balaban J connectivity index is 2.59. The summed E-state index contributed by atoms with van der Waals surface area (Å²) in [7, 11) is 1.89. The van der Waals surface area contributed by atoms with Crippen LogP contribution in [0.2, 0.25) is 0 Å². The summed E-state index contributed by atoms with van der Waals surface area (Å²) in [6.45, 7) is 2.09. The number of anilines is 1. The largest absolute Gasteiger partial charge is 0.386 e. The SMILES string of the molecule is CNc1cnncc1-c1ccccc1C. The van der Waals surface area contributed by atoms with E-state index in [1.807, 2.05) is 19.2 Å². The molecule has 3 nitrogen and oxygen atoms in total. The Morgan fingerprint density at radius 1 is 1.00 bits per heavy atom. The first-order valence-electron chi connectivity index (χ1n) is 4.87. The van der Waals surface area contributed by atoms with E-state index in [0.717, 1.165) is 11.3 Å². The Morgan fingerprint density at radius 2 is 1.73 bits per heavy atom. The fourth-order valence-corrected chi connectivity index (χ4v) is 1.61. The van der Waals surface area contributed by atoms with E-state index in [-0.39, 0.29) is 0 Å². The summed E-state index contributed by atoms with van der Waals surface area (Å²) in [5, 5.41) is 10.9. The summed E-state index contributed by atoms with van der Waals surface area (Å²) in [5.41, 5.74) is 4.52. The molecule has 15 heavy (non-hydrogen) atoms. The predicted octanol–water partition coefficient (Wildman–Crippen LogP) is 2.49. The van der Waals surface area contributed by atoms with Crippen LogP contribution in [0.1, 0.15) is 5.56 Å². The summed E-state index contributed by atoms with van der Waals surface area (Å²) in [4.78, 5) is 0. The molecule has 0 fully saturated rings. The van der Waals surface area contributed by atoms with Crippen LogP contribution in [0, 0.1) is 6.92 Å². The van der Waals surface area contributed by atoms with Crippen molar-refractivity contribution < 1.29 is 0 Å². The van der Waals surface area contributed by atoms with E-state index in [1.54, 1.807) is 12.4 Å². The van der Waals surface area contributed by atoms with E-state index in [1.165, 1.54) is 11.1 Å². The summed E-state index contributed by atoms with van der Waals surface area (Å²) >= 11 is 0. The minimum atomic E-state index is 0.999. The number of nitrogens with one attached hydrogen (secondary N) is 1. The lowest BCUT2D eigenvalue weighted by Crippen LogP contribution is -1.95. The number of nitrogens with zero attached hydrogens (tertiary/aromatic N) is 2. The van der Waals surface area contributed by atoms with E-state index in [2.05, 4.69) is 34.6 Å². The molecule has 0 bridgehead atoms. The third-order valence-corrected chi connectivity index (χ3v) is 2.44. The first kappa shape index (κ1) is 9.65.